The molecule has 1 aromatic carbocycles. The lowest BCUT2D eigenvalue weighted by Gasteiger charge is -2.18. The first-order valence-corrected chi connectivity index (χ1v) is 14.6. The van der Waals surface area contributed by atoms with Crippen molar-refractivity contribution in [2.75, 3.05) is 19.6 Å². The highest BCUT2D eigenvalue weighted by atomic mass is 28.2. The van der Waals surface area contributed by atoms with Gasteiger partial charge in [0.15, 0.2) is 16.2 Å². The molecule has 138 valence electrons. The first-order valence-electron chi connectivity index (χ1n) is 9.52. The van der Waals surface area contributed by atoms with Gasteiger partial charge in [-0.05, 0) is 36.3 Å². The maximum atomic E-state index is 12.4. The Hall–Kier alpha value is -2.11. The molecule has 9 heteroatoms. The van der Waals surface area contributed by atoms with Crippen molar-refractivity contribution in [2.45, 2.75) is 18.1 Å². The van der Waals surface area contributed by atoms with Crippen molar-refractivity contribution >= 4 is 61.9 Å². The van der Waals surface area contributed by atoms with Crippen LogP contribution in [0.15, 0.2) is 33.2 Å². The number of hydrogen-bond acceptors (Lipinski definition) is 6. The topological polar surface area (TPSA) is 88.3 Å². The van der Waals surface area contributed by atoms with E-state index in [2.05, 4.69) is 15.0 Å². The Morgan fingerprint density at radius 2 is 0.852 bits per heavy atom. The number of carbonyl (C=O) groups excluding carboxylic acids is 3. The van der Waals surface area contributed by atoms with Crippen LogP contribution < -0.4 is 0 Å². The van der Waals surface area contributed by atoms with Crippen LogP contribution in [0.3, 0.4) is 0 Å². The molecule has 0 atom stereocenters. The van der Waals surface area contributed by atoms with Crippen LogP contribution in [0.25, 0.3) is 0 Å². The molecule has 0 unspecified atom stereocenters. The van der Waals surface area contributed by atoms with Crippen molar-refractivity contribution in [3.63, 3.8) is 0 Å². The van der Waals surface area contributed by atoms with Crippen molar-refractivity contribution in [1.29, 1.82) is 0 Å². The SMILES string of the molecule is O=C1[SiH2]CCN=C1c1cc(C2=NCC[SiH2]C2=O)cc(C2=NCC[SiH2]C2=O)c1. The molecule has 1 aromatic rings. The van der Waals surface area contributed by atoms with Gasteiger partial charge in [-0.25, -0.2) is 0 Å². The van der Waals surface area contributed by atoms with Gasteiger partial charge in [-0.3, -0.25) is 29.4 Å². The van der Waals surface area contributed by atoms with Gasteiger partial charge in [0.25, 0.3) is 0 Å². The molecule has 0 amide bonds. The number of benzene rings is 1. The number of carbonyl (C=O) groups is 3. The minimum absolute atomic E-state index is 0.155. The molecule has 3 heterocycles. The van der Waals surface area contributed by atoms with Crippen LogP contribution in [0, 0.1) is 0 Å². The molecule has 0 aromatic heterocycles. The van der Waals surface area contributed by atoms with Crippen LogP contribution in [0.2, 0.25) is 18.1 Å². The average molecular weight is 412 g/mol. The zero-order chi connectivity index (χ0) is 18.8. The largest absolute Gasteiger partial charge is 0.299 e. The molecular weight excluding hydrogens is 390 g/mol. The Morgan fingerprint density at radius 3 is 1.11 bits per heavy atom. The molecule has 0 bridgehead atoms. The maximum absolute atomic E-state index is 12.4. The fraction of sp³-hybridized carbons (Fsp3) is 0.333. The van der Waals surface area contributed by atoms with E-state index in [4.69, 9.17) is 0 Å². The molecule has 3 aliphatic heterocycles. The Labute approximate surface area is 164 Å². The Balaban J connectivity index is 1.86. The van der Waals surface area contributed by atoms with Gasteiger partial charge in [-0.2, -0.15) is 0 Å². The van der Waals surface area contributed by atoms with Crippen molar-refractivity contribution in [1.82, 2.24) is 0 Å². The van der Waals surface area contributed by atoms with Crippen molar-refractivity contribution in [2.24, 2.45) is 15.0 Å². The molecule has 27 heavy (non-hydrogen) atoms. The highest BCUT2D eigenvalue weighted by Gasteiger charge is 2.25. The predicted molar refractivity (Wildman–Crippen MR) is 116 cm³/mol. The molecule has 6 nitrogen and oxygen atoms in total. The fourth-order valence-corrected chi connectivity index (χ4v) is 7.28. The van der Waals surface area contributed by atoms with Gasteiger partial charge < -0.3 is 0 Å². The van der Waals surface area contributed by atoms with Crippen LogP contribution in [0.1, 0.15) is 16.7 Å². The summed E-state index contributed by atoms with van der Waals surface area (Å²) in [5.74, 6) is 0. The van der Waals surface area contributed by atoms with E-state index in [1.54, 1.807) is 0 Å². The van der Waals surface area contributed by atoms with E-state index in [0.29, 0.717) is 53.5 Å². The van der Waals surface area contributed by atoms with Gasteiger partial charge in [-0.15, -0.1) is 0 Å². The molecule has 0 saturated carbocycles. The van der Waals surface area contributed by atoms with Crippen molar-refractivity contribution < 1.29 is 14.4 Å². The predicted octanol–water partition coefficient (Wildman–Crippen LogP) is -1.56. The standard InChI is InChI=1S/C18H21N3O3Si3/c22-16-13(19-1-4-25-16)10-7-11(14-17(23)26-5-2-20-14)9-12(8-10)15-18(24)27-6-3-21-15/h7-9H,1-6,25-27H2. The van der Waals surface area contributed by atoms with Crippen LogP contribution in [-0.2, 0) is 14.4 Å². The monoisotopic (exact) mass is 411 g/mol. The number of rotatable bonds is 3. The van der Waals surface area contributed by atoms with E-state index in [-0.39, 0.29) is 16.2 Å². The van der Waals surface area contributed by atoms with Crippen molar-refractivity contribution in [3.8, 4) is 0 Å². The van der Waals surface area contributed by atoms with E-state index in [9.17, 15) is 14.4 Å². The molecule has 0 aliphatic carbocycles. The molecule has 0 fully saturated rings. The Morgan fingerprint density at radius 1 is 0.556 bits per heavy atom. The molecule has 0 radical (unpaired) electrons. The van der Waals surface area contributed by atoms with Gasteiger partial charge in [0.2, 0.25) is 0 Å². The highest BCUT2D eigenvalue weighted by Crippen LogP contribution is 2.19. The van der Waals surface area contributed by atoms with E-state index in [1.165, 1.54) is 0 Å². The minimum atomic E-state index is -0.800. The summed E-state index contributed by atoms with van der Waals surface area (Å²) in [5, 5.41) is 0.464. The van der Waals surface area contributed by atoms with Gasteiger partial charge >= 0.3 is 0 Å². The molecule has 0 saturated heterocycles. The molecule has 4 rings (SSSR count). The first-order chi connectivity index (χ1) is 13.1. The van der Waals surface area contributed by atoms with Crippen LogP contribution >= 0.6 is 0 Å². The number of nitrogens with zero attached hydrogens (tertiary/aromatic N) is 3. The Kier molecular flexibility index (Phi) is 5.32. The summed E-state index contributed by atoms with van der Waals surface area (Å²) >= 11 is 0. The molecule has 0 N–H and O–H groups in total. The smallest absolute Gasteiger partial charge is 0.151 e. The summed E-state index contributed by atoms with van der Waals surface area (Å²) in [6.07, 6.45) is 0. The summed E-state index contributed by atoms with van der Waals surface area (Å²) in [4.78, 5) is 50.7. The summed E-state index contributed by atoms with van der Waals surface area (Å²) in [6, 6.07) is 8.30. The fourth-order valence-electron chi connectivity index (χ4n) is 3.71. The zero-order valence-electron chi connectivity index (χ0n) is 15.2. The number of aliphatic imine (C=N–C) groups is 3. The van der Waals surface area contributed by atoms with Gasteiger partial charge in [0, 0.05) is 36.3 Å². The summed E-state index contributed by atoms with van der Waals surface area (Å²) in [7, 11) is -2.40. The van der Waals surface area contributed by atoms with Gasteiger partial charge in [-0.1, -0.05) is 0 Å². The average Bonchev–Trinajstić information content (AvgIpc) is 2.69. The van der Waals surface area contributed by atoms with E-state index < -0.39 is 28.6 Å². The highest BCUT2D eigenvalue weighted by molar-refractivity contribution is 6.92. The van der Waals surface area contributed by atoms with Crippen LogP contribution in [0.5, 0.6) is 0 Å². The normalized spacial score (nSPS) is 23.6. The lowest BCUT2D eigenvalue weighted by molar-refractivity contribution is -0.107. The van der Waals surface area contributed by atoms with Crippen LogP contribution in [-0.4, -0.2) is 81.5 Å². The number of hydrogen-bond donors (Lipinski definition) is 0. The lowest BCUT2D eigenvalue weighted by atomic mass is 9.97. The van der Waals surface area contributed by atoms with Crippen LogP contribution in [0.4, 0.5) is 0 Å². The zero-order valence-corrected chi connectivity index (χ0v) is 19.4. The second-order valence-corrected chi connectivity index (χ2v) is 12.6. The van der Waals surface area contributed by atoms with E-state index in [1.807, 2.05) is 18.2 Å². The maximum Gasteiger partial charge on any atom is 0.151 e. The van der Waals surface area contributed by atoms with Gasteiger partial charge in [0.05, 0.1) is 0 Å². The second kappa shape index (κ2) is 7.87. The third kappa shape index (κ3) is 3.80. The van der Waals surface area contributed by atoms with Crippen molar-refractivity contribution in [3.05, 3.63) is 34.9 Å². The lowest BCUT2D eigenvalue weighted by Crippen LogP contribution is -2.31. The second-order valence-electron chi connectivity index (χ2n) is 7.07. The molecular formula is C18H21N3O3Si3. The third-order valence-electron chi connectivity index (χ3n) is 5.04. The molecule has 3 aliphatic rings. The Bertz CT molecular complexity index is 806. The van der Waals surface area contributed by atoms with E-state index in [0.717, 1.165) is 18.1 Å². The van der Waals surface area contributed by atoms with Gasteiger partial charge in [0.1, 0.15) is 45.7 Å². The summed E-state index contributed by atoms with van der Waals surface area (Å²) in [6.45, 7) is 2.06. The molecule has 0 spiro atoms. The first kappa shape index (κ1) is 18.3. The van der Waals surface area contributed by atoms with E-state index >= 15 is 0 Å². The third-order valence-corrected chi connectivity index (χ3v) is 9.42. The summed E-state index contributed by atoms with van der Waals surface area (Å²) < 4.78 is 0. The minimum Gasteiger partial charge on any atom is -0.299 e. The summed E-state index contributed by atoms with van der Waals surface area (Å²) in [5.41, 5.74) is 3.68. The quantitative estimate of drug-likeness (QED) is 0.563.